The summed E-state index contributed by atoms with van der Waals surface area (Å²) in [5.74, 6) is 1.37. The minimum Gasteiger partial charge on any atom is -0.480 e. The van der Waals surface area contributed by atoms with Crippen molar-refractivity contribution in [1.82, 2.24) is 10.2 Å². The molecule has 4 rings (SSSR count). The third kappa shape index (κ3) is 2.50. The van der Waals surface area contributed by atoms with Crippen molar-refractivity contribution >= 4 is 12.0 Å². The molecule has 0 heterocycles. The van der Waals surface area contributed by atoms with Crippen molar-refractivity contribution in [2.45, 2.75) is 51.0 Å². The highest BCUT2D eigenvalue weighted by Crippen LogP contribution is 2.55. The van der Waals surface area contributed by atoms with Crippen LogP contribution in [0.15, 0.2) is 0 Å². The number of hydrogen-bond donors (Lipinski definition) is 2. The Hall–Kier alpha value is -1.26. The van der Waals surface area contributed by atoms with Gasteiger partial charge in [-0.1, -0.05) is 0 Å². The molecule has 0 unspecified atom stereocenters. The van der Waals surface area contributed by atoms with Crippen LogP contribution in [0.25, 0.3) is 0 Å². The summed E-state index contributed by atoms with van der Waals surface area (Å²) in [6, 6.07) is -0.197. The molecule has 4 fully saturated rings. The van der Waals surface area contributed by atoms with Gasteiger partial charge in [-0.25, -0.2) is 4.79 Å². The standard InChI is InChI=1S/C15H24N2O3/c1-2-17(9-13(18)19)14(20)16-15-6-10-3-11(7-15)5-12(4-10)8-15/h10-12H,2-9H2,1H3,(H,16,20)(H,18,19). The molecule has 2 N–H and O–H groups in total. The van der Waals surface area contributed by atoms with Crippen LogP contribution in [0.2, 0.25) is 0 Å². The fourth-order valence-corrected chi connectivity index (χ4v) is 5.06. The van der Waals surface area contributed by atoms with Gasteiger partial charge in [-0.15, -0.1) is 0 Å². The molecule has 0 atom stereocenters. The molecule has 5 heteroatoms. The molecule has 5 nitrogen and oxygen atoms in total. The second-order valence-corrected chi connectivity index (χ2v) is 7.04. The number of urea groups is 1. The number of carboxylic acid groups (broad SMARTS) is 1. The molecule has 0 aliphatic heterocycles. The SMILES string of the molecule is CCN(CC(=O)O)C(=O)NC12CC3CC(CC(C3)C1)C2. The predicted octanol–water partition coefficient (Wildman–Crippen LogP) is 2.07. The molecule has 0 radical (unpaired) electrons. The van der Waals surface area contributed by atoms with Crippen LogP contribution in [0.5, 0.6) is 0 Å². The van der Waals surface area contributed by atoms with Crippen LogP contribution in [0.3, 0.4) is 0 Å². The Morgan fingerprint density at radius 3 is 2.05 bits per heavy atom. The first-order chi connectivity index (χ1) is 9.49. The van der Waals surface area contributed by atoms with E-state index in [0.717, 1.165) is 37.0 Å². The van der Waals surface area contributed by atoms with Crippen molar-refractivity contribution in [2.24, 2.45) is 17.8 Å². The second-order valence-electron chi connectivity index (χ2n) is 7.04. The van der Waals surface area contributed by atoms with Gasteiger partial charge >= 0.3 is 12.0 Å². The molecule has 0 aromatic carbocycles. The lowest BCUT2D eigenvalue weighted by atomic mass is 9.53. The van der Waals surface area contributed by atoms with Crippen LogP contribution in [0.1, 0.15) is 45.4 Å². The fraction of sp³-hybridized carbons (Fsp3) is 0.867. The van der Waals surface area contributed by atoms with Crippen molar-refractivity contribution in [3.63, 3.8) is 0 Å². The van der Waals surface area contributed by atoms with Gasteiger partial charge in [0.1, 0.15) is 6.54 Å². The zero-order valence-corrected chi connectivity index (χ0v) is 12.1. The van der Waals surface area contributed by atoms with E-state index in [9.17, 15) is 9.59 Å². The lowest BCUT2D eigenvalue weighted by molar-refractivity contribution is -0.137. The highest BCUT2D eigenvalue weighted by Gasteiger charge is 2.51. The average molecular weight is 280 g/mol. The molecule has 4 saturated carbocycles. The van der Waals surface area contributed by atoms with Gasteiger partial charge in [0.15, 0.2) is 0 Å². The van der Waals surface area contributed by atoms with Crippen LogP contribution in [0.4, 0.5) is 4.79 Å². The third-order valence-corrected chi connectivity index (χ3v) is 5.41. The summed E-state index contributed by atoms with van der Waals surface area (Å²) in [4.78, 5) is 24.6. The zero-order chi connectivity index (χ0) is 14.3. The lowest BCUT2D eigenvalue weighted by Gasteiger charge is -2.57. The molecule has 112 valence electrons. The average Bonchev–Trinajstić information content (AvgIpc) is 2.33. The summed E-state index contributed by atoms with van der Waals surface area (Å²) >= 11 is 0. The summed E-state index contributed by atoms with van der Waals surface area (Å²) in [6.07, 6.45) is 7.28. The van der Waals surface area contributed by atoms with E-state index in [1.807, 2.05) is 6.92 Å². The van der Waals surface area contributed by atoms with Crippen molar-refractivity contribution in [3.8, 4) is 0 Å². The van der Waals surface area contributed by atoms with Crippen LogP contribution in [-0.4, -0.2) is 40.6 Å². The molecule has 0 aromatic rings. The van der Waals surface area contributed by atoms with Gasteiger partial charge in [-0.2, -0.15) is 0 Å². The van der Waals surface area contributed by atoms with E-state index in [0.29, 0.717) is 6.54 Å². The minimum atomic E-state index is -0.951. The van der Waals surface area contributed by atoms with E-state index in [1.54, 1.807) is 0 Å². The highest BCUT2D eigenvalue weighted by molar-refractivity contribution is 5.80. The van der Waals surface area contributed by atoms with Gasteiger partial charge in [0.05, 0.1) is 0 Å². The third-order valence-electron chi connectivity index (χ3n) is 5.41. The van der Waals surface area contributed by atoms with Gasteiger partial charge < -0.3 is 15.3 Å². The molecule has 0 aromatic heterocycles. The van der Waals surface area contributed by atoms with Crippen molar-refractivity contribution < 1.29 is 14.7 Å². The number of nitrogens with zero attached hydrogens (tertiary/aromatic N) is 1. The first-order valence-corrected chi connectivity index (χ1v) is 7.78. The number of amides is 2. The molecule has 2 amide bonds. The molecule has 4 aliphatic rings. The van der Waals surface area contributed by atoms with Crippen LogP contribution >= 0.6 is 0 Å². The minimum absolute atomic E-state index is 0.0439. The Kier molecular flexibility index (Phi) is 3.38. The molecule has 0 saturated heterocycles. The maximum atomic E-state index is 12.3. The number of aliphatic carboxylic acids is 1. The Morgan fingerprint density at radius 2 is 1.65 bits per heavy atom. The van der Waals surface area contributed by atoms with E-state index < -0.39 is 5.97 Å². The number of nitrogens with one attached hydrogen (secondary N) is 1. The van der Waals surface area contributed by atoms with E-state index in [1.165, 1.54) is 24.2 Å². The van der Waals surface area contributed by atoms with E-state index in [-0.39, 0.29) is 18.1 Å². The number of rotatable bonds is 4. The topological polar surface area (TPSA) is 69.6 Å². The predicted molar refractivity (Wildman–Crippen MR) is 74.3 cm³/mol. The Bertz CT molecular complexity index is 386. The summed E-state index contributed by atoms with van der Waals surface area (Å²) in [5, 5.41) is 12.1. The normalized spacial score (nSPS) is 37.8. The Labute approximate surface area is 119 Å². The largest absolute Gasteiger partial charge is 0.480 e. The lowest BCUT2D eigenvalue weighted by Crippen LogP contribution is -2.62. The smallest absolute Gasteiger partial charge is 0.323 e. The van der Waals surface area contributed by atoms with Crippen LogP contribution < -0.4 is 5.32 Å². The number of carboxylic acids is 1. The van der Waals surface area contributed by atoms with Gasteiger partial charge in [0, 0.05) is 12.1 Å². The van der Waals surface area contributed by atoms with Gasteiger partial charge in [0.2, 0.25) is 0 Å². The first-order valence-electron chi connectivity index (χ1n) is 7.78. The van der Waals surface area contributed by atoms with Gasteiger partial charge in [-0.05, 0) is 63.2 Å². The first kappa shape index (κ1) is 13.7. The van der Waals surface area contributed by atoms with Crippen molar-refractivity contribution in [1.29, 1.82) is 0 Å². The number of likely N-dealkylation sites (N-methyl/N-ethyl adjacent to an activating group) is 1. The van der Waals surface area contributed by atoms with Gasteiger partial charge in [0.25, 0.3) is 0 Å². The van der Waals surface area contributed by atoms with Crippen molar-refractivity contribution in [2.75, 3.05) is 13.1 Å². The number of carbonyl (C=O) groups is 2. The summed E-state index contributed by atoms with van der Waals surface area (Å²) < 4.78 is 0. The molecular formula is C15H24N2O3. The maximum Gasteiger partial charge on any atom is 0.323 e. The maximum absolute atomic E-state index is 12.3. The van der Waals surface area contributed by atoms with E-state index >= 15 is 0 Å². The molecule has 0 spiro atoms. The Morgan fingerprint density at radius 1 is 1.15 bits per heavy atom. The number of hydrogen-bond acceptors (Lipinski definition) is 2. The quantitative estimate of drug-likeness (QED) is 0.828. The van der Waals surface area contributed by atoms with E-state index in [2.05, 4.69) is 5.32 Å². The summed E-state index contributed by atoms with van der Waals surface area (Å²) in [6.45, 7) is 2.04. The van der Waals surface area contributed by atoms with Crippen molar-refractivity contribution in [3.05, 3.63) is 0 Å². The number of carbonyl (C=O) groups excluding carboxylic acids is 1. The highest BCUT2D eigenvalue weighted by atomic mass is 16.4. The molecule has 4 aliphatic carbocycles. The monoisotopic (exact) mass is 280 g/mol. The molecule has 20 heavy (non-hydrogen) atoms. The van der Waals surface area contributed by atoms with Crippen LogP contribution in [-0.2, 0) is 4.79 Å². The summed E-state index contributed by atoms with van der Waals surface area (Å²) in [7, 11) is 0. The van der Waals surface area contributed by atoms with Crippen LogP contribution in [0, 0.1) is 17.8 Å². The Balaban J connectivity index is 1.67. The van der Waals surface area contributed by atoms with E-state index in [4.69, 9.17) is 5.11 Å². The fourth-order valence-electron chi connectivity index (χ4n) is 5.06. The zero-order valence-electron chi connectivity index (χ0n) is 12.1. The van der Waals surface area contributed by atoms with Gasteiger partial charge in [-0.3, -0.25) is 4.79 Å². The molecular weight excluding hydrogens is 256 g/mol. The molecule has 4 bridgehead atoms. The second kappa shape index (κ2) is 4.93. The summed E-state index contributed by atoms with van der Waals surface area (Å²) in [5.41, 5.74) is -0.0439.